The van der Waals surface area contributed by atoms with Crippen LogP contribution in [0.2, 0.25) is 0 Å². The van der Waals surface area contributed by atoms with Crippen LogP contribution in [0.1, 0.15) is 12.5 Å². The lowest BCUT2D eigenvalue weighted by Crippen LogP contribution is -2.40. The van der Waals surface area contributed by atoms with Gasteiger partial charge < -0.3 is 14.2 Å². The molecule has 36 heavy (non-hydrogen) atoms. The maximum Gasteiger partial charge on any atom is 0.332 e. The molecule has 1 aliphatic rings. The Kier molecular flexibility index (Phi) is 5.17. The van der Waals surface area contributed by atoms with Gasteiger partial charge in [0.2, 0.25) is 5.95 Å². The largest absolute Gasteiger partial charge is 0.497 e. The summed E-state index contributed by atoms with van der Waals surface area (Å²) >= 11 is 0. The molecule has 0 saturated heterocycles. The molecular formula is C28H27N5O3. The van der Waals surface area contributed by atoms with Gasteiger partial charge in [-0.1, -0.05) is 55.5 Å². The number of ether oxygens (including phenoxy) is 1. The van der Waals surface area contributed by atoms with E-state index in [2.05, 4.69) is 11.8 Å². The molecule has 3 heterocycles. The number of methoxy groups -OCH3 is 1. The Hall–Kier alpha value is -4.33. The van der Waals surface area contributed by atoms with Gasteiger partial charge in [0.25, 0.3) is 5.56 Å². The summed E-state index contributed by atoms with van der Waals surface area (Å²) in [6.45, 7) is 3.74. The number of hydrogen-bond donors (Lipinski definition) is 0. The fraction of sp³-hybridized carbons (Fsp3) is 0.250. The minimum atomic E-state index is -0.378. The quantitative estimate of drug-likeness (QED) is 0.389. The topological polar surface area (TPSA) is 74.3 Å². The van der Waals surface area contributed by atoms with Gasteiger partial charge in [-0.05, 0) is 34.4 Å². The number of benzene rings is 3. The van der Waals surface area contributed by atoms with Crippen LogP contribution in [0.5, 0.6) is 5.75 Å². The summed E-state index contributed by atoms with van der Waals surface area (Å²) in [6.07, 6.45) is 0. The highest BCUT2D eigenvalue weighted by atomic mass is 16.5. The number of imidazole rings is 1. The first-order valence-electron chi connectivity index (χ1n) is 12.0. The predicted molar refractivity (Wildman–Crippen MR) is 141 cm³/mol. The minimum Gasteiger partial charge on any atom is -0.497 e. The Labute approximate surface area is 207 Å². The van der Waals surface area contributed by atoms with E-state index in [4.69, 9.17) is 9.72 Å². The molecule has 1 unspecified atom stereocenters. The normalized spacial score (nSPS) is 15.4. The van der Waals surface area contributed by atoms with Crippen LogP contribution in [0, 0.1) is 5.92 Å². The second kappa shape index (κ2) is 8.41. The highest BCUT2D eigenvalue weighted by molar-refractivity contribution is 5.85. The summed E-state index contributed by atoms with van der Waals surface area (Å²) in [7, 11) is 3.32. The Morgan fingerprint density at radius 3 is 2.61 bits per heavy atom. The molecule has 0 fully saturated rings. The summed E-state index contributed by atoms with van der Waals surface area (Å²) in [4.78, 5) is 34.2. The van der Waals surface area contributed by atoms with Crippen LogP contribution in [0.15, 0.2) is 76.3 Å². The van der Waals surface area contributed by atoms with E-state index in [-0.39, 0.29) is 23.7 Å². The zero-order valence-electron chi connectivity index (χ0n) is 20.5. The Bertz CT molecular complexity index is 1740. The molecule has 3 aromatic carbocycles. The molecular weight excluding hydrogens is 454 g/mol. The summed E-state index contributed by atoms with van der Waals surface area (Å²) in [5.74, 6) is 1.67. The maximum absolute atomic E-state index is 13.9. The molecule has 0 N–H and O–H groups in total. The zero-order chi connectivity index (χ0) is 25.0. The summed E-state index contributed by atoms with van der Waals surface area (Å²) < 4.78 is 10.2. The van der Waals surface area contributed by atoms with Crippen molar-refractivity contribution in [1.29, 1.82) is 0 Å². The van der Waals surface area contributed by atoms with Crippen molar-refractivity contribution >= 4 is 33.6 Å². The highest BCUT2D eigenvalue weighted by Gasteiger charge is 2.30. The van der Waals surface area contributed by atoms with Crippen molar-refractivity contribution in [2.75, 3.05) is 18.6 Å². The SMILES string of the molecule is COc1cccc(N2CC(C)Cn3c2nc2c3c(=O)n(Cc3cccc4ccccc34)c(=O)n2C)c1. The first-order valence-corrected chi connectivity index (χ1v) is 12.0. The van der Waals surface area contributed by atoms with Gasteiger partial charge in [0, 0.05) is 31.9 Å². The summed E-state index contributed by atoms with van der Waals surface area (Å²) in [5, 5.41) is 2.10. The number of aryl methyl sites for hydroxylation is 1. The highest BCUT2D eigenvalue weighted by Crippen LogP contribution is 2.34. The molecule has 0 aliphatic carbocycles. The van der Waals surface area contributed by atoms with Crippen molar-refractivity contribution in [2.45, 2.75) is 20.0 Å². The smallest absolute Gasteiger partial charge is 0.332 e. The van der Waals surface area contributed by atoms with E-state index in [1.54, 1.807) is 14.2 Å². The minimum absolute atomic E-state index is 0.193. The van der Waals surface area contributed by atoms with Gasteiger partial charge in [0.1, 0.15) is 5.75 Å². The molecule has 5 aromatic rings. The third-order valence-corrected chi connectivity index (χ3v) is 7.02. The Morgan fingerprint density at radius 2 is 1.78 bits per heavy atom. The van der Waals surface area contributed by atoms with E-state index in [9.17, 15) is 9.59 Å². The standard InChI is InChI=1S/C28H27N5O3/c1-18-15-31(21-11-7-12-22(14-21)36-3)27-29-25-24(32(27)16-18)26(34)33(28(35)30(25)2)17-20-10-6-9-19-8-4-5-13-23(19)20/h4-14,18H,15-17H2,1-3H3. The molecule has 1 atom stereocenters. The van der Waals surface area contributed by atoms with Crippen molar-refractivity contribution in [2.24, 2.45) is 13.0 Å². The number of hydrogen-bond acceptors (Lipinski definition) is 5. The van der Waals surface area contributed by atoms with Crippen molar-refractivity contribution in [1.82, 2.24) is 18.7 Å². The molecule has 2 aromatic heterocycles. The third kappa shape index (κ3) is 3.40. The lowest BCUT2D eigenvalue weighted by Gasteiger charge is -2.33. The van der Waals surface area contributed by atoms with Gasteiger partial charge >= 0.3 is 5.69 Å². The molecule has 8 heteroatoms. The van der Waals surface area contributed by atoms with Crippen LogP contribution in [0.4, 0.5) is 11.6 Å². The van der Waals surface area contributed by atoms with Crippen molar-refractivity contribution in [3.05, 3.63) is 93.1 Å². The summed E-state index contributed by atoms with van der Waals surface area (Å²) in [6, 6.07) is 21.8. The molecule has 1 aliphatic heterocycles. The third-order valence-electron chi connectivity index (χ3n) is 7.02. The van der Waals surface area contributed by atoms with Crippen LogP contribution >= 0.6 is 0 Å². The van der Waals surface area contributed by atoms with E-state index in [1.165, 1.54) is 9.13 Å². The van der Waals surface area contributed by atoms with Crippen LogP contribution in [-0.4, -0.2) is 32.3 Å². The lowest BCUT2D eigenvalue weighted by molar-refractivity contribution is 0.414. The van der Waals surface area contributed by atoms with Crippen LogP contribution in [0.25, 0.3) is 21.9 Å². The Balaban J connectivity index is 1.55. The predicted octanol–water partition coefficient (Wildman–Crippen LogP) is 3.89. The van der Waals surface area contributed by atoms with Crippen molar-refractivity contribution in [3.8, 4) is 5.75 Å². The fourth-order valence-corrected chi connectivity index (χ4v) is 5.24. The maximum atomic E-state index is 13.9. The molecule has 182 valence electrons. The zero-order valence-corrected chi connectivity index (χ0v) is 20.5. The van der Waals surface area contributed by atoms with E-state index in [0.29, 0.717) is 23.7 Å². The second-order valence-corrected chi connectivity index (χ2v) is 9.48. The molecule has 0 amide bonds. The lowest BCUT2D eigenvalue weighted by atomic mass is 10.0. The van der Waals surface area contributed by atoms with Crippen LogP contribution in [-0.2, 0) is 20.1 Å². The number of aromatic nitrogens is 4. The van der Waals surface area contributed by atoms with Crippen LogP contribution in [0.3, 0.4) is 0 Å². The monoisotopic (exact) mass is 481 g/mol. The van der Waals surface area contributed by atoms with Crippen molar-refractivity contribution in [3.63, 3.8) is 0 Å². The van der Waals surface area contributed by atoms with Crippen LogP contribution < -0.4 is 20.9 Å². The first-order chi connectivity index (χ1) is 17.5. The number of rotatable bonds is 4. The van der Waals surface area contributed by atoms with Gasteiger partial charge in [0.15, 0.2) is 11.2 Å². The van der Waals surface area contributed by atoms with Gasteiger partial charge in [-0.15, -0.1) is 0 Å². The molecule has 0 saturated carbocycles. The van der Waals surface area contributed by atoms with E-state index < -0.39 is 0 Å². The number of anilines is 2. The fourth-order valence-electron chi connectivity index (χ4n) is 5.24. The van der Waals surface area contributed by atoms with Gasteiger partial charge in [-0.3, -0.25) is 13.9 Å². The summed E-state index contributed by atoms with van der Waals surface area (Å²) in [5.41, 5.74) is 2.01. The average Bonchev–Trinajstić information content (AvgIpc) is 3.29. The van der Waals surface area contributed by atoms with E-state index in [0.717, 1.165) is 34.3 Å². The first kappa shape index (κ1) is 22.2. The molecule has 0 spiro atoms. The molecule has 6 rings (SSSR count). The Morgan fingerprint density at radius 1 is 1.00 bits per heavy atom. The van der Waals surface area contributed by atoms with Gasteiger partial charge in [-0.25, -0.2) is 4.79 Å². The van der Waals surface area contributed by atoms with E-state index >= 15 is 0 Å². The second-order valence-electron chi connectivity index (χ2n) is 9.48. The number of fused-ring (bicyclic) bond motifs is 4. The molecule has 8 nitrogen and oxygen atoms in total. The number of nitrogens with zero attached hydrogens (tertiary/aromatic N) is 5. The van der Waals surface area contributed by atoms with E-state index in [1.807, 2.05) is 71.3 Å². The van der Waals surface area contributed by atoms with Crippen molar-refractivity contribution < 1.29 is 4.74 Å². The molecule has 0 bridgehead atoms. The molecule has 0 radical (unpaired) electrons. The van der Waals surface area contributed by atoms with Gasteiger partial charge in [0.05, 0.1) is 13.7 Å². The average molecular weight is 482 g/mol. The van der Waals surface area contributed by atoms with Gasteiger partial charge in [-0.2, -0.15) is 4.98 Å².